The van der Waals surface area contributed by atoms with Gasteiger partial charge in [0.05, 0.1) is 0 Å². The molecule has 0 radical (unpaired) electrons. The van der Waals surface area contributed by atoms with Crippen molar-refractivity contribution in [1.29, 1.82) is 0 Å². The molecule has 7 nitrogen and oxygen atoms in total. The first-order valence-corrected chi connectivity index (χ1v) is 9.29. The number of piperazine rings is 1. The van der Waals surface area contributed by atoms with E-state index in [1.54, 1.807) is 4.90 Å². The average molecular weight is 356 g/mol. The summed E-state index contributed by atoms with van der Waals surface area (Å²) in [5, 5.41) is 2.82. The van der Waals surface area contributed by atoms with E-state index in [1.807, 2.05) is 35.2 Å². The van der Waals surface area contributed by atoms with E-state index in [0.717, 1.165) is 18.4 Å². The predicted octanol–water partition coefficient (Wildman–Crippen LogP) is 0.804. The minimum Gasteiger partial charge on any atom is -0.336 e. The van der Waals surface area contributed by atoms with Gasteiger partial charge in [-0.1, -0.05) is 30.3 Å². The second kappa shape index (κ2) is 6.97. The zero-order chi connectivity index (χ0) is 18.1. The predicted molar refractivity (Wildman–Crippen MR) is 95.1 cm³/mol. The molecule has 2 saturated heterocycles. The first-order chi connectivity index (χ1) is 12.6. The Morgan fingerprint density at radius 2 is 1.81 bits per heavy atom. The van der Waals surface area contributed by atoms with Gasteiger partial charge in [0, 0.05) is 32.2 Å². The number of hydrogen-bond acceptors (Lipinski definition) is 3. The molecule has 0 spiro atoms. The first-order valence-electron chi connectivity index (χ1n) is 9.29. The van der Waals surface area contributed by atoms with Crippen LogP contribution in [0.2, 0.25) is 0 Å². The summed E-state index contributed by atoms with van der Waals surface area (Å²) in [7, 11) is 0. The van der Waals surface area contributed by atoms with Crippen molar-refractivity contribution in [3.05, 3.63) is 35.9 Å². The van der Waals surface area contributed by atoms with E-state index >= 15 is 0 Å². The molecule has 7 heteroatoms. The topological polar surface area (TPSA) is 73.0 Å². The molecule has 4 amide bonds. The SMILES string of the molecule is O=C(NC1CCN(Cc2ccccc2)C1=O)N1CCN(C2CC2)C(=O)C1. The van der Waals surface area contributed by atoms with Crippen LogP contribution < -0.4 is 5.32 Å². The van der Waals surface area contributed by atoms with E-state index in [0.29, 0.717) is 38.6 Å². The third kappa shape index (κ3) is 3.52. The molecule has 138 valence electrons. The van der Waals surface area contributed by atoms with Crippen LogP contribution in [0.1, 0.15) is 24.8 Å². The number of nitrogens with one attached hydrogen (secondary N) is 1. The number of rotatable bonds is 4. The van der Waals surface area contributed by atoms with Crippen molar-refractivity contribution in [3.63, 3.8) is 0 Å². The van der Waals surface area contributed by atoms with Crippen LogP contribution in [0.4, 0.5) is 4.79 Å². The molecule has 1 N–H and O–H groups in total. The van der Waals surface area contributed by atoms with E-state index in [9.17, 15) is 14.4 Å². The van der Waals surface area contributed by atoms with Gasteiger partial charge in [-0.25, -0.2) is 4.79 Å². The van der Waals surface area contributed by atoms with Crippen LogP contribution in [0.25, 0.3) is 0 Å². The van der Waals surface area contributed by atoms with Crippen molar-refractivity contribution >= 4 is 17.8 Å². The lowest BCUT2D eigenvalue weighted by Crippen LogP contribution is -2.57. The lowest BCUT2D eigenvalue weighted by molar-refractivity contribution is -0.135. The van der Waals surface area contributed by atoms with Crippen LogP contribution in [0.15, 0.2) is 30.3 Å². The molecule has 1 saturated carbocycles. The van der Waals surface area contributed by atoms with Crippen molar-refractivity contribution in [2.24, 2.45) is 0 Å². The van der Waals surface area contributed by atoms with Crippen LogP contribution in [-0.4, -0.2) is 70.8 Å². The molecule has 3 aliphatic rings. The Kier molecular flexibility index (Phi) is 4.53. The van der Waals surface area contributed by atoms with Gasteiger partial charge in [-0.3, -0.25) is 9.59 Å². The average Bonchev–Trinajstić information content (AvgIpc) is 3.43. The van der Waals surface area contributed by atoms with E-state index in [1.165, 1.54) is 4.90 Å². The maximum Gasteiger partial charge on any atom is 0.318 e. The normalized spacial score (nSPS) is 23.5. The van der Waals surface area contributed by atoms with Crippen LogP contribution in [0.3, 0.4) is 0 Å². The molecular weight excluding hydrogens is 332 g/mol. The Morgan fingerprint density at radius 1 is 1.04 bits per heavy atom. The van der Waals surface area contributed by atoms with Crippen LogP contribution in [-0.2, 0) is 16.1 Å². The molecule has 1 aromatic rings. The molecule has 1 aromatic carbocycles. The lowest BCUT2D eigenvalue weighted by atomic mass is 10.2. The van der Waals surface area contributed by atoms with Gasteiger partial charge in [-0.15, -0.1) is 0 Å². The number of urea groups is 1. The maximum atomic E-state index is 12.6. The summed E-state index contributed by atoms with van der Waals surface area (Å²) >= 11 is 0. The molecule has 1 unspecified atom stereocenters. The summed E-state index contributed by atoms with van der Waals surface area (Å²) in [5.74, 6) is -0.0394. The first kappa shape index (κ1) is 16.9. The molecule has 2 heterocycles. The number of nitrogens with zero attached hydrogens (tertiary/aromatic N) is 3. The number of carbonyl (C=O) groups is 3. The molecule has 1 aliphatic carbocycles. The minimum atomic E-state index is -0.497. The Hall–Kier alpha value is -2.57. The zero-order valence-electron chi connectivity index (χ0n) is 14.8. The van der Waals surface area contributed by atoms with Crippen molar-refractivity contribution in [2.45, 2.75) is 37.9 Å². The quantitative estimate of drug-likeness (QED) is 0.867. The fourth-order valence-corrected chi connectivity index (χ4v) is 3.71. The van der Waals surface area contributed by atoms with Crippen molar-refractivity contribution in [2.75, 3.05) is 26.2 Å². The number of hydrogen-bond donors (Lipinski definition) is 1. The van der Waals surface area contributed by atoms with Crippen LogP contribution in [0, 0.1) is 0 Å². The zero-order valence-corrected chi connectivity index (χ0v) is 14.8. The van der Waals surface area contributed by atoms with Gasteiger partial charge in [0.15, 0.2) is 0 Å². The fraction of sp³-hybridized carbons (Fsp3) is 0.526. The van der Waals surface area contributed by atoms with Gasteiger partial charge in [0.2, 0.25) is 11.8 Å². The van der Waals surface area contributed by atoms with E-state index in [-0.39, 0.29) is 24.4 Å². The smallest absolute Gasteiger partial charge is 0.318 e. The minimum absolute atomic E-state index is 0.0114. The second-order valence-electron chi connectivity index (χ2n) is 7.28. The Balaban J connectivity index is 1.29. The molecule has 4 rings (SSSR count). The monoisotopic (exact) mass is 356 g/mol. The van der Waals surface area contributed by atoms with Gasteiger partial charge in [-0.05, 0) is 24.8 Å². The molecule has 0 aromatic heterocycles. The maximum absolute atomic E-state index is 12.6. The van der Waals surface area contributed by atoms with Crippen LogP contribution >= 0.6 is 0 Å². The molecule has 26 heavy (non-hydrogen) atoms. The van der Waals surface area contributed by atoms with E-state index < -0.39 is 6.04 Å². The molecule has 3 fully saturated rings. The number of benzene rings is 1. The Labute approximate surface area is 152 Å². The highest BCUT2D eigenvalue weighted by Gasteiger charge is 2.38. The second-order valence-corrected chi connectivity index (χ2v) is 7.28. The fourth-order valence-electron chi connectivity index (χ4n) is 3.71. The third-order valence-corrected chi connectivity index (χ3v) is 5.34. The van der Waals surface area contributed by atoms with E-state index in [2.05, 4.69) is 5.32 Å². The highest BCUT2D eigenvalue weighted by Crippen LogP contribution is 2.28. The third-order valence-electron chi connectivity index (χ3n) is 5.34. The van der Waals surface area contributed by atoms with Gasteiger partial charge in [-0.2, -0.15) is 0 Å². The highest BCUT2D eigenvalue weighted by atomic mass is 16.2. The summed E-state index contributed by atoms with van der Waals surface area (Å²) in [6.45, 7) is 2.42. The van der Waals surface area contributed by atoms with Crippen molar-refractivity contribution in [3.8, 4) is 0 Å². The molecule has 1 atom stereocenters. The Morgan fingerprint density at radius 3 is 2.50 bits per heavy atom. The van der Waals surface area contributed by atoms with Gasteiger partial charge >= 0.3 is 6.03 Å². The summed E-state index contributed by atoms with van der Waals surface area (Å²) in [6, 6.07) is 9.41. The largest absolute Gasteiger partial charge is 0.336 e. The summed E-state index contributed by atoms with van der Waals surface area (Å²) < 4.78 is 0. The van der Waals surface area contributed by atoms with Crippen molar-refractivity contribution in [1.82, 2.24) is 20.0 Å². The van der Waals surface area contributed by atoms with Gasteiger partial charge in [0.1, 0.15) is 12.6 Å². The Bertz CT molecular complexity index is 704. The molecule has 2 aliphatic heterocycles. The standard InChI is InChI=1S/C19H24N4O3/c24-17-13-22(10-11-23(17)15-6-7-15)19(26)20-16-8-9-21(18(16)25)12-14-4-2-1-3-5-14/h1-5,15-16H,6-13H2,(H,20,26). The number of amides is 4. The number of likely N-dealkylation sites (tertiary alicyclic amines) is 1. The lowest BCUT2D eigenvalue weighted by Gasteiger charge is -2.34. The highest BCUT2D eigenvalue weighted by molar-refractivity contribution is 5.90. The summed E-state index contributed by atoms with van der Waals surface area (Å²) in [6.07, 6.45) is 2.75. The number of carbonyl (C=O) groups excluding carboxylic acids is 3. The van der Waals surface area contributed by atoms with Crippen LogP contribution in [0.5, 0.6) is 0 Å². The van der Waals surface area contributed by atoms with E-state index in [4.69, 9.17) is 0 Å². The van der Waals surface area contributed by atoms with Crippen molar-refractivity contribution < 1.29 is 14.4 Å². The molecule has 0 bridgehead atoms. The van der Waals surface area contributed by atoms with Gasteiger partial charge in [0.25, 0.3) is 0 Å². The summed E-state index contributed by atoms with van der Waals surface area (Å²) in [5.41, 5.74) is 1.08. The molecular formula is C19H24N4O3. The summed E-state index contributed by atoms with van der Waals surface area (Å²) in [4.78, 5) is 42.4. The van der Waals surface area contributed by atoms with Gasteiger partial charge < -0.3 is 20.0 Å².